The lowest BCUT2D eigenvalue weighted by atomic mass is 10.4. The van der Waals surface area contributed by atoms with Crippen LogP contribution in [-0.2, 0) is 17.8 Å². The SMILES string of the molecule is C.CCOC(=O)c1ccc(CNc2ncnc3nc[nH]c23)o1.Oc1ccc(CNc2ncnc3nc[nH]c23)o1. The van der Waals surface area contributed by atoms with Gasteiger partial charge in [-0.3, -0.25) is 0 Å². The average Bonchev–Trinajstić information content (AvgIpc) is 3.73. The minimum absolute atomic E-state index is 0. The number of aromatic nitrogens is 8. The molecule has 5 N–H and O–H groups in total. The smallest absolute Gasteiger partial charge is 0.374 e. The van der Waals surface area contributed by atoms with Gasteiger partial charge in [-0.2, -0.15) is 0 Å². The normalized spacial score (nSPS) is 10.5. The van der Waals surface area contributed by atoms with E-state index in [0.717, 1.165) is 11.0 Å². The summed E-state index contributed by atoms with van der Waals surface area (Å²) in [5, 5.41) is 15.2. The Kier molecular flexibility index (Phi) is 8.30. The number of aromatic amines is 2. The topological polar surface area (TPSA) is 206 Å². The molecular formula is C24H26N10O5. The van der Waals surface area contributed by atoms with Gasteiger partial charge in [0, 0.05) is 6.07 Å². The molecule has 6 aromatic rings. The molecular weight excluding hydrogens is 508 g/mol. The van der Waals surface area contributed by atoms with Crippen molar-refractivity contribution in [2.24, 2.45) is 0 Å². The Labute approximate surface area is 221 Å². The largest absolute Gasteiger partial charge is 0.481 e. The second kappa shape index (κ2) is 12.2. The minimum atomic E-state index is -0.471. The van der Waals surface area contributed by atoms with Crippen LogP contribution in [0.25, 0.3) is 22.3 Å². The molecule has 0 unspecified atom stereocenters. The summed E-state index contributed by atoms with van der Waals surface area (Å²) in [6.45, 7) is 2.86. The van der Waals surface area contributed by atoms with E-state index in [0.29, 0.717) is 54.1 Å². The summed E-state index contributed by atoms with van der Waals surface area (Å²) in [5.41, 5.74) is 2.64. The molecule has 15 nitrogen and oxygen atoms in total. The number of carbonyl (C=O) groups excluding carboxylic acids is 1. The highest BCUT2D eigenvalue weighted by atomic mass is 16.5. The molecule has 6 heterocycles. The van der Waals surface area contributed by atoms with Gasteiger partial charge in [0.1, 0.15) is 35.2 Å². The Morgan fingerprint density at radius 1 is 0.846 bits per heavy atom. The Balaban J connectivity index is 0.000000180. The third kappa shape index (κ3) is 6.27. The highest BCUT2D eigenvalue weighted by molar-refractivity contribution is 5.86. The molecule has 6 aromatic heterocycles. The number of rotatable bonds is 8. The summed E-state index contributed by atoms with van der Waals surface area (Å²) >= 11 is 0. The Morgan fingerprint density at radius 3 is 1.95 bits per heavy atom. The van der Waals surface area contributed by atoms with Crippen LogP contribution in [0, 0.1) is 0 Å². The summed E-state index contributed by atoms with van der Waals surface area (Å²) in [7, 11) is 0. The molecule has 0 aromatic carbocycles. The highest BCUT2D eigenvalue weighted by Crippen LogP contribution is 2.19. The molecule has 0 saturated carbocycles. The predicted molar refractivity (Wildman–Crippen MR) is 140 cm³/mol. The first-order chi connectivity index (χ1) is 18.6. The van der Waals surface area contributed by atoms with E-state index in [-0.39, 0.29) is 19.1 Å². The summed E-state index contributed by atoms with van der Waals surface area (Å²) in [4.78, 5) is 41.8. The number of nitrogens with one attached hydrogen (secondary N) is 4. The van der Waals surface area contributed by atoms with Crippen LogP contribution < -0.4 is 10.6 Å². The zero-order valence-corrected chi connectivity index (χ0v) is 20.0. The van der Waals surface area contributed by atoms with Crippen molar-refractivity contribution in [2.75, 3.05) is 17.2 Å². The quantitative estimate of drug-likeness (QED) is 0.177. The fourth-order valence-electron chi connectivity index (χ4n) is 3.39. The van der Waals surface area contributed by atoms with E-state index < -0.39 is 5.97 Å². The van der Waals surface area contributed by atoms with Crippen molar-refractivity contribution < 1.29 is 23.5 Å². The Hall–Kier alpha value is -5.47. The third-order valence-corrected chi connectivity index (χ3v) is 5.09. The Morgan fingerprint density at radius 2 is 1.41 bits per heavy atom. The first kappa shape index (κ1) is 26.6. The molecule has 0 bridgehead atoms. The number of carbonyl (C=O) groups is 1. The number of esters is 1. The van der Waals surface area contributed by atoms with Gasteiger partial charge in [-0.1, -0.05) is 7.43 Å². The van der Waals surface area contributed by atoms with Crippen molar-refractivity contribution in [1.82, 2.24) is 39.9 Å². The number of ether oxygens (including phenoxy) is 1. The summed E-state index contributed by atoms with van der Waals surface area (Å²) in [6, 6.07) is 6.47. The lowest BCUT2D eigenvalue weighted by Gasteiger charge is -2.03. The first-order valence-electron chi connectivity index (χ1n) is 11.4. The summed E-state index contributed by atoms with van der Waals surface area (Å²) in [5.74, 6) is 2.09. The molecule has 0 spiro atoms. The van der Waals surface area contributed by atoms with E-state index in [1.54, 1.807) is 37.8 Å². The van der Waals surface area contributed by atoms with E-state index in [1.165, 1.54) is 18.7 Å². The van der Waals surface area contributed by atoms with Crippen molar-refractivity contribution in [2.45, 2.75) is 27.4 Å². The lowest BCUT2D eigenvalue weighted by molar-refractivity contribution is 0.0488. The van der Waals surface area contributed by atoms with Crippen molar-refractivity contribution in [3.63, 3.8) is 0 Å². The van der Waals surface area contributed by atoms with Crippen LogP contribution in [0.4, 0.5) is 11.6 Å². The third-order valence-electron chi connectivity index (χ3n) is 5.09. The number of aromatic hydroxyl groups is 1. The molecule has 15 heteroatoms. The molecule has 0 saturated heterocycles. The van der Waals surface area contributed by atoms with Crippen LogP contribution in [0.2, 0.25) is 0 Å². The molecule has 0 atom stereocenters. The van der Waals surface area contributed by atoms with E-state index in [1.807, 2.05) is 0 Å². The molecule has 0 amide bonds. The molecule has 0 fully saturated rings. The molecule has 0 aliphatic carbocycles. The van der Waals surface area contributed by atoms with Crippen molar-refractivity contribution in [1.29, 1.82) is 0 Å². The summed E-state index contributed by atoms with van der Waals surface area (Å²) in [6.07, 6.45) is 5.97. The highest BCUT2D eigenvalue weighted by Gasteiger charge is 2.13. The maximum absolute atomic E-state index is 11.5. The molecule has 0 aliphatic heterocycles. The van der Waals surface area contributed by atoms with Gasteiger partial charge in [0.2, 0.25) is 5.76 Å². The van der Waals surface area contributed by atoms with Gasteiger partial charge in [-0.15, -0.1) is 0 Å². The van der Waals surface area contributed by atoms with E-state index in [4.69, 9.17) is 18.7 Å². The number of H-pyrrole nitrogens is 2. The molecule has 39 heavy (non-hydrogen) atoms. The van der Waals surface area contributed by atoms with Crippen LogP contribution in [0.3, 0.4) is 0 Å². The van der Waals surface area contributed by atoms with Gasteiger partial charge < -0.3 is 39.3 Å². The number of hydrogen-bond donors (Lipinski definition) is 5. The van der Waals surface area contributed by atoms with Crippen LogP contribution in [0.15, 0.2) is 58.4 Å². The van der Waals surface area contributed by atoms with E-state index >= 15 is 0 Å². The molecule has 0 aliphatic rings. The molecule has 6 rings (SSSR count). The van der Waals surface area contributed by atoms with Crippen LogP contribution >= 0.6 is 0 Å². The Bertz CT molecular complexity index is 1650. The van der Waals surface area contributed by atoms with Crippen LogP contribution in [-0.4, -0.2) is 57.6 Å². The van der Waals surface area contributed by atoms with Gasteiger partial charge in [0.15, 0.2) is 22.9 Å². The van der Waals surface area contributed by atoms with E-state index in [2.05, 4.69) is 50.5 Å². The van der Waals surface area contributed by atoms with Crippen molar-refractivity contribution in [3.05, 3.63) is 66.9 Å². The zero-order chi connectivity index (χ0) is 26.3. The van der Waals surface area contributed by atoms with Crippen molar-refractivity contribution >= 4 is 39.9 Å². The summed E-state index contributed by atoms with van der Waals surface area (Å²) < 4.78 is 15.3. The maximum atomic E-state index is 11.5. The van der Waals surface area contributed by atoms with Crippen LogP contribution in [0.5, 0.6) is 5.95 Å². The number of fused-ring (bicyclic) bond motifs is 2. The zero-order valence-electron chi connectivity index (χ0n) is 20.0. The van der Waals surface area contributed by atoms with Crippen molar-refractivity contribution in [3.8, 4) is 5.95 Å². The molecule has 0 radical (unpaired) electrons. The second-order valence-electron chi connectivity index (χ2n) is 7.58. The number of hydrogen-bond acceptors (Lipinski definition) is 13. The van der Waals surface area contributed by atoms with Gasteiger partial charge in [0.25, 0.3) is 5.95 Å². The lowest BCUT2D eigenvalue weighted by Crippen LogP contribution is -2.03. The van der Waals surface area contributed by atoms with Gasteiger partial charge in [0.05, 0.1) is 32.4 Å². The van der Waals surface area contributed by atoms with E-state index in [9.17, 15) is 4.79 Å². The number of nitrogens with zero attached hydrogens (tertiary/aromatic N) is 6. The van der Waals surface area contributed by atoms with Gasteiger partial charge in [-0.05, 0) is 25.1 Å². The molecule has 202 valence electrons. The number of furan rings is 2. The maximum Gasteiger partial charge on any atom is 0.374 e. The fraction of sp³-hybridized carbons (Fsp3) is 0.208. The van der Waals surface area contributed by atoms with Crippen LogP contribution in [0.1, 0.15) is 36.4 Å². The second-order valence-corrected chi connectivity index (χ2v) is 7.58. The standard InChI is InChI=1S/C13H13N5O3.C10H9N5O2.CH4/c1-2-20-13(19)9-4-3-8(21-9)5-14-11-10-12(16-6-15-10)18-7-17-11;16-7-2-1-6(17-7)3-11-9-8-10(13-4-12-8)15-5-14-9;/h3-4,6-7H,2,5H2,1H3,(H2,14,15,16,17,18);1-2,4-5,16H,3H2,(H2,11,12,13,14,15);1H4. The predicted octanol–water partition coefficient (Wildman–Crippen LogP) is 3.63. The number of anilines is 2. The average molecular weight is 535 g/mol. The minimum Gasteiger partial charge on any atom is -0.481 e. The van der Waals surface area contributed by atoms with Gasteiger partial charge in [-0.25, -0.2) is 34.7 Å². The number of imidazole rings is 2. The first-order valence-corrected chi connectivity index (χ1v) is 11.4. The van der Waals surface area contributed by atoms with Gasteiger partial charge >= 0.3 is 5.97 Å². The monoisotopic (exact) mass is 534 g/mol. The fourth-order valence-corrected chi connectivity index (χ4v) is 3.39.